The molecule has 0 saturated carbocycles. The molecule has 1 atom stereocenters. The highest BCUT2D eigenvalue weighted by Crippen LogP contribution is 2.38. The first-order chi connectivity index (χ1) is 12.9. The summed E-state index contributed by atoms with van der Waals surface area (Å²) in [5.41, 5.74) is 1.15. The average molecular weight is 375 g/mol. The molecule has 7 nitrogen and oxygen atoms in total. The number of pyridine rings is 1. The third-order valence-electron chi connectivity index (χ3n) is 4.86. The molecule has 1 amide bonds. The Morgan fingerprint density at radius 2 is 2.11 bits per heavy atom. The van der Waals surface area contributed by atoms with Gasteiger partial charge in [-0.2, -0.15) is 0 Å². The molecule has 148 valence electrons. The lowest BCUT2D eigenvalue weighted by molar-refractivity contribution is -0.109. The van der Waals surface area contributed by atoms with Crippen LogP contribution in [-0.2, 0) is 16.0 Å². The van der Waals surface area contributed by atoms with E-state index in [1.165, 1.54) is 0 Å². The Labute approximate surface area is 160 Å². The van der Waals surface area contributed by atoms with Gasteiger partial charge in [-0.25, -0.2) is 4.79 Å². The average Bonchev–Trinajstić information content (AvgIpc) is 2.61. The SMILES string of the molecule is CC(C)(C)OC(=O)N1CCc2nccc(OC3CCNCC3)c2C1CC=O. The molecule has 1 saturated heterocycles. The van der Waals surface area contributed by atoms with Crippen LogP contribution in [0.5, 0.6) is 5.75 Å². The predicted molar refractivity (Wildman–Crippen MR) is 101 cm³/mol. The van der Waals surface area contributed by atoms with Gasteiger partial charge in [-0.15, -0.1) is 0 Å². The number of hydrogen-bond acceptors (Lipinski definition) is 6. The third kappa shape index (κ3) is 4.77. The highest BCUT2D eigenvalue weighted by molar-refractivity contribution is 5.71. The number of nitrogens with one attached hydrogen (secondary N) is 1. The molecule has 1 fully saturated rings. The van der Waals surface area contributed by atoms with E-state index in [4.69, 9.17) is 9.47 Å². The largest absolute Gasteiger partial charge is 0.490 e. The number of nitrogens with zero attached hydrogens (tertiary/aromatic N) is 2. The normalized spacial score (nSPS) is 20.7. The lowest BCUT2D eigenvalue weighted by Gasteiger charge is -2.38. The van der Waals surface area contributed by atoms with Gasteiger partial charge in [-0.3, -0.25) is 4.98 Å². The van der Waals surface area contributed by atoms with E-state index >= 15 is 0 Å². The van der Waals surface area contributed by atoms with Crippen molar-refractivity contribution in [3.05, 3.63) is 23.5 Å². The van der Waals surface area contributed by atoms with Gasteiger partial charge in [0.05, 0.1) is 11.7 Å². The van der Waals surface area contributed by atoms with E-state index in [0.29, 0.717) is 13.0 Å². The Bertz CT molecular complexity index is 680. The molecule has 3 rings (SSSR count). The quantitative estimate of drug-likeness (QED) is 0.815. The van der Waals surface area contributed by atoms with Crippen molar-refractivity contribution in [2.45, 2.75) is 64.2 Å². The summed E-state index contributed by atoms with van der Waals surface area (Å²) in [4.78, 5) is 30.2. The van der Waals surface area contributed by atoms with Crippen LogP contribution in [0, 0.1) is 0 Å². The summed E-state index contributed by atoms with van der Waals surface area (Å²) < 4.78 is 11.8. The first-order valence-electron chi connectivity index (χ1n) is 9.67. The Balaban J connectivity index is 1.89. The number of carbonyl (C=O) groups excluding carboxylic acids is 2. The zero-order valence-corrected chi connectivity index (χ0v) is 16.4. The molecule has 0 spiro atoms. The van der Waals surface area contributed by atoms with Crippen molar-refractivity contribution in [2.75, 3.05) is 19.6 Å². The summed E-state index contributed by atoms with van der Waals surface area (Å²) in [6, 6.07) is 1.43. The molecule has 0 radical (unpaired) electrons. The standard InChI is InChI=1S/C20H29N3O4/c1-20(2,3)27-19(25)23-12-7-15-18(16(23)8-13-24)17(6-11-22-15)26-14-4-9-21-10-5-14/h6,11,13-14,16,21H,4-5,7-10,12H2,1-3H3. The van der Waals surface area contributed by atoms with Gasteiger partial charge in [0.2, 0.25) is 0 Å². The number of carbonyl (C=O) groups is 2. The number of rotatable bonds is 4. The van der Waals surface area contributed by atoms with Crippen LogP contribution in [0.1, 0.15) is 57.3 Å². The lowest BCUT2D eigenvalue weighted by Crippen LogP contribution is -2.44. The van der Waals surface area contributed by atoms with Crippen LogP contribution in [0.25, 0.3) is 0 Å². The summed E-state index contributed by atoms with van der Waals surface area (Å²) in [6.45, 7) is 7.85. The summed E-state index contributed by atoms with van der Waals surface area (Å²) in [5, 5.41) is 3.33. The topological polar surface area (TPSA) is 80.8 Å². The fourth-order valence-corrected chi connectivity index (χ4v) is 3.66. The van der Waals surface area contributed by atoms with E-state index in [1.807, 2.05) is 26.8 Å². The number of ether oxygens (including phenoxy) is 2. The Morgan fingerprint density at radius 3 is 2.78 bits per heavy atom. The zero-order valence-electron chi connectivity index (χ0n) is 16.4. The molecular weight excluding hydrogens is 346 g/mol. The maximum Gasteiger partial charge on any atom is 0.410 e. The van der Waals surface area contributed by atoms with Crippen molar-refractivity contribution in [2.24, 2.45) is 0 Å². The van der Waals surface area contributed by atoms with Crippen molar-refractivity contribution in [1.82, 2.24) is 15.2 Å². The molecule has 3 heterocycles. The first kappa shape index (κ1) is 19.6. The van der Waals surface area contributed by atoms with Gasteiger partial charge >= 0.3 is 6.09 Å². The highest BCUT2D eigenvalue weighted by Gasteiger charge is 2.36. The van der Waals surface area contributed by atoms with Crippen LogP contribution in [0.3, 0.4) is 0 Å². The number of piperidine rings is 1. The second-order valence-electron chi connectivity index (χ2n) is 8.08. The number of amides is 1. The number of hydrogen-bond donors (Lipinski definition) is 1. The van der Waals surface area contributed by atoms with Crippen LogP contribution in [0.15, 0.2) is 12.3 Å². The maximum absolute atomic E-state index is 12.7. The van der Waals surface area contributed by atoms with Crippen LogP contribution >= 0.6 is 0 Å². The van der Waals surface area contributed by atoms with Crippen LogP contribution < -0.4 is 10.1 Å². The lowest BCUT2D eigenvalue weighted by atomic mass is 9.94. The van der Waals surface area contributed by atoms with Gasteiger partial charge in [0.25, 0.3) is 0 Å². The van der Waals surface area contributed by atoms with Crippen LogP contribution in [-0.4, -0.2) is 53.6 Å². The Hall–Kier alpha value is -2.15. The Morgan fingerprint density at radius 1 is 1.37 bits per heavy atom. The highest BCUT2D eigenvalue weighted by atomic mass is 16.6. The van der Waals surface area contributed by atoms with Crippen molar-refractivity contribution < 1.29 is 19.1 Å². The molecule has 27 heavy (non-hydrogen) atoms. The minimum absolute atomic E-state index is 0.131. The summed E-state index contributed by atoms with van der Waals surface area (Å²) >= 11 is 0. The minimum atomic E-state index is -0.591. The second-order valence-corrected chi connectivity index (χ2v) is 8.08. The zero-order chi connectivity index (χ0) is 19.4. The van der Waals surface area contributed by atoms with Gasteiger partial charge in [0, 0.05) is 31.1 Å². The Kier molecular flexibility index (Phi) is 5.99. The van der Waals surface area contributed by atoms with E-state index in [0.717, 1.165) is 49.2 Å². The number of fused-ring (bicyclic) bond motifs is 1. The van der Waals surface area contributed by atoms with E-state index < -0.39 is 17.7 Å². The van der Waals surface area contributed by atoms with E-state index in [-0.39, 0.29) is 12.5 Å². The predicted octanol–water partition coefficient (Wildman–Crippen LogP) is 2.64. The van der Waals surface area contributed by atoms with Crippen molar-refractivity contribution in [3.8, 4) is 5.75 Å². The molecule has 7 heteroatoms. The summed E-state index contributed by atoms with van der Waals surface area (Å²) in [7, 11) is 0. The van der Waals surface area contributed by atoms with Crippen LogP contribution in [0.4, 0.5) is 4.79 Å². The molecule has 2 aliphatic rings. The number of aldehydes is 1. The van der Waals surface area contributed by atoms with Gasteiger partial charge in [-0.05, 0) is 52.8 Å². The van der Waals surface area contributed by atoms with Gasteiger partial charge in [0.15, 0.2) is 0 Å². The molecule has 1 unspecified atom stereocenters. The molecule has 1 N–H and O–H groups in total. The molecule has 2 aliphatic heterocycles. The van der Waals surface area contributed by atoms with Crippen molar-refractivity contribution in [3.63, 3.8) is 0 Å². The van der Waals surface area contributed by atoms with Gasteiger partial charge in [-0.1, -0.05) is 0 Å². The molecule has 1 aromatic rings. The van der Waals surface area contributed by atoms with E-state index in [2.05, 4.69) is 10.3 Å². The minimum Gasteiger partial charge on any atom is -0.490 e. The number of aromatic nitrogens is 1. The van der Waals surface area contributed by atoms with Gasteiger partial charge < -0.3 is 24.5 Å². The maximum atomic E-state index is 12.7. The fourth-order valence-electron chi connectivity index (χ4n) is 3.66. The molecular formula is C20H29N3O4. The van der Waals surface area contributed by atoms with Crippen molar-refractivity contribution in [1.29, 1.82) is 0 Å². The second kappa shape index (κ2) is 8.25. The molecule has 0 aliphatic carbocycles. The fraction of sp³-hybridized carbons (Fsp3) is 0.650. The van der Waals surface area contributed by atoms with E-state index in [1.54, 1.807) is 11.1 Å². The van der Waals surface area contributed by atoms with E-state index in [9.17, 15) is 9.59 Å². The third-order valence-corrected chi connectivity index (χ3v) is 4.86. The van der Waals surface area contributed by atoms with Crippen molar-refractivity contribution >= 4 is 12.4 Å². The van der Waals surface area contributed by atoms with Gasteiger partial charge in [0.1, 0.15) is 23.7 Å². The molecule has 1 aromatic heterocycles. The molecule has 0 bridgehead atoms. The summed E-state index contributed by atoms with van der Waals surface area (Å²) in [5.74, 6) is 0.729. The summed E-state index contributed by atoms with van der Waals surface area (Å²) in [6.07, 6.45) is 5.00. The monoisotopic (exact) mass is 375 g/mol. The molecule has 0 aromatic carbocycles. The van der Waals surface area contributed by atoms with Crippen LogP contribution in [0.2, 0.25) is 0 Å². The smallest absolute Gasteiger partial charge is 0.410 e. The first-order valence-corrected chi connectivity index (χ1v) is 9.67.